The van der Waals surface area contributed by atoms with E-state index < -0.39 is 0 Å². The van der Waals surface area contributed by atoms with Gasteiger partial charge in [0.25, 0.3) is 0 Å². The van der Waals surface area contributed by atoms with Gasteiger partial charge in [0.1, 0.15) is 0 Å². The summed E-state index contributed by atoms with van der Waals surface area (Å²) in [5, 5.41) is 12.3. The zero-order valence-corrected chi connectivity index (χ0v) is 18.8. The van der Waals surface area contributed by atoms with Gasteiger partial charge in [0.15, 0.2) is 10.9 Å². The van der Waals surface area contributed by atoms with Gasteiger partial charge in [-0.25, -0.2) is 0 Å². The van der Waals surface area contributed by atoms with Crippen LogP contribution >= 0.6 is 11.8 Å². The van der Waals surface area contributed by atoms with Gasteiger partial charge in [0.2, 0.25) is 17.6 Å². The maximum Gasteiger partial charge on any atom is 0.239 e. The van der Waals surface area contributed by atoms with Gasteiger partial charge in [-0.3, -0.25) is 14.2 Å². The molecular weight excluding hydrogens is 402 g/mol. The third kappa shape index (κ3) is 5.65. The van der Waals surface area contributed by atoms with Crippen LogP contribution in [0.25, 0.3) is 11.6 Å². The topological polar surface area (TPSA) is 93.3 Å². The molecule has 1 N–H and O–H groups in total. The number of aromatic nitrogens is 3. The van der Waals surface area contributed by atoms with E-state index in [-0.39, 0.29) is 30.2 Å². The Morgan fingerprint density at radius 3 is 2.70 bits per heavy atom. The van der Waals surface area contributed by atoms with Crippen molar-refractivity contribution in [3.8, 4) is 11.6 Å². The van der Waals surface area contributed by atoms with Crippen LogP contribution < -0.4 is 5.32 Å². The normalized spacial score (nSPS) is 14.8. The Labute approximate surface area is 181 Å². The molecule has 1 fully saturated rings. The fraction of sp³-hybridized carbons (Fsp3) is 0.619. The number of rotatable bonds is 9. The van der Waals surface area contributed by atoms with Gasteiger partial charge in [-0.1, -0.05) is 31.0 Å². The molecule has 1 saturated carbocycles. The molecule has 164 valence electrons. The number of hydrogen-bond acceptors (Lipinski definition) is 6. The van der Waals surface area contributed by atoms with Crippen molar-refractivity contribution in [2.24, 2.45) is 0 Å². The molecule has 9 heteroatoms. The van der Waals surface area contributed by atoms with E-state index in [2.05, 4.69) is 20.1 Å². The molecule has 3 rings (SSSR count). The van der Waals surface area contributed by atoms with Crippen molar-refractivity contribution in [1.29, 1.82) is 0 Å². The van der Waals surface area contributed by atoms with Gasteiger partial charge in [-0.2, -0.15) is 0 Å². The first kappa shape index (κ1) is 22.4. The third-order valence-corrected chi connectivity index (χ3v) is 6.12. The highest BCUT2D eigenvalue weighted by Gasteiger charge is 2.26. The Morgan fingerprint density at radius 1 is 1.30 bits per heavy atom. The third-order valence-electron chi connectivity index (χ3n) is 5.19. The van der Waals surface area contributed by atoms with Crippen molar-refractivity contribution in [1.82, 2.24) is 25.0 Å². The molecule has 0 aromatic carbocycles. The summed E-state index contributed by atoms with van der Waals surface area (Å²) in [5.74, 6) is 1.39. The van der Waals surface area contributed by atoms with E-state index in [1.807, 2.05) is 32.9 Å². The van der Waals surface area contributed by atoms with E-state index in [4.69, 9.17) is 4.42 Å². The molecule has 2 amide bonds. The molecule has 0 aliphatic heterocycles. The minimum atomic E-state index is -0.143. The van der Waals surface area contributed by atoms with Crippen molar-refractivity contribution >= 4 is 23.6 Å². The number of nitrogens with zero attached hydrogens (tertiary/aromatic N) is 4. The molecule has 0 saturated heterocycles. The number of nitrogens with one attached hydrogen (secondary N) is 1. The highest BCUT2D eigenvalue weighted by Crippen LogP contribution is 2.35. The summed E-state index contributed by atoms with van der Waals surface area (Å²) in [6.07, 6.45) is 7.38. The largest absolute Gasteiger partial charge is 0.461 e. The number of furan rings is 1. The summed E-state index contributed by atoms with van der Waals surface area (Å²) in [5.41, 5.74) is 0. The van der Waals surface area contributed by atoms with E-state index >= 15 is 0 Å². The summed E-state index contributed by atoms with van der Waals surface area (Å²) in [7, 11) is 0. The number of carbonyl (C=O) groups is 2. The molecular formula is C21H31N5O3S. The summed E-state index contributed by atoms with van der Waals surface area (Å²) in [6, 6.07) is 4.09. The lowest BCUT2D eigenvalue weighted by Gasteiger charge is -2.25. The number of carbonyl (C=O) groups excluding carboxylic acids is 2. The minimum Gasteiger partial charge on any atom is -0.461 e. The number of amides is 2. The number of hydrogen-bond donors (Lipinski definition) is 1. The molecule has 1 aliphatic carbocycles. The molecule has 0 bridgehead atoms. The molecule has 0 atom stereocenters. The zero-order valence-electron chi connectivity index (χ0n) is 18.0. The van der Waals surface area contributed by atoms with Crippen LogP contribution in [-0.2, 0) is 9.59 Å². The second kappa shape index (κ2) is 10.7. The molecule has 0 unspecified atom stereocenters. The average Bonchev–Trinajstić information content (AvgIpc) is 3.39. The van der Waals surface area contributed by atoms with Gasteiger partial charge < -0.3 is 14.6 Å². The highest BCUT2D eigenvalue weighted by atomic mass is 32.2. The Bertz CT molecular complexity index is 828. The number of thioether (sulfide) groups is 1. The predicted molar refractivity (Wildman–Crippen MR) is 116 cm³/mol. The van der Waals surface area contributed by atoms with Gasteiger partial charge in [0, 0.05) is 18.6 Å². The van der Waals surface area contributed by atoms with Crippen LogP contribution in [0.4, 0.5) is 0 Å². The van der Waals surface area contributed by atoms with Crippen LogP contribution in [0.5, 0.6) is 0 Å². The molecule has 30 heavy (non-hydrogen) atoms. The Kier molecular flexibility index (Phi) is 7.95. The smallest absolute Gasteiger partial charge is 0.239 e. The Hall–Kier alpha value is -2.29. The van der Waals surface area contributed by atoms with E-state index in [0.29, 0.717) is 24.2 Å². The van der Waals surface area contributed by atoms with Crippen LogP contribution in [0, 0.1) is 0 Å². The lowest BCUT2D eigenvalue weighted by atomic mass is 9.95. The van der Waals surface area contributed by atoms with Crippen molar-refractivity contribution in [2.45, 2.75) is 70.1 Å². The quantitative estimate of drug-likeness (QED) is 0.608. The lowest BCUT2D eigenvalue weighted by molar-refractivity contribution is -0.134. The molecule has 0 radical (unpaired) electrons. The molecule has 0 spiro atoms. The SMILES string of the molecule is CCN(CC(=O)NC(C)C)C(=O)CSc1nnc(-c2ccco2)n1C1CCCCC1. The molecule has 8 nitrogen and oxygen atoms in total. The Balaban J connectivity index is 1.71. The highest BCUT2D eigenvalue weighted by molar-refractivity contribution is 7.99. The first-order chi connectivity index (χ1) is 14.5. The predicted octanol–water partition coefficient (Wildman–Crippen LogP) is 3.51. The van der Waals surface area contributed by atoms with Crippen LogP contribution in [0.3, 0.4) is 0 Å². The van der Waals surface area contributed by atoms with Crippen LogP contribution in [-0.4, -0.2) is 56.4 Å². The number of likely N-dealkylation sites (N-methyl/N-ethyl adjacent to an activating group) is 1. The second-order valence-electron chi connectivity index (χ2n) is 7.86. The summed E-state index contributed by atoms with van der Waals surface area (Å²) >= 11 is 1.38. The first-order valence-corrected chi connectivity index (χ1v) is 11.7. The molecule has 1 aliphatic rings. The fourth-order valence-electron chi connectivity index (χ4n) is 3.75. The molecule has 2 aromatic rings. The standard InChI is InChI=1S/C21H31N5O3S/c1-4-25(13-18(27)22-15(2)3)19(28)14-30-21-24-23-20(17-11-8-12-29-17)26(21)16-9-6-5-7-10-16/h8,11-12,15-16H,4-7,9-10,13-14H2,1-3H3,(H,22,27). The average molecular weight is 434 g/mol. The van der Waals surface area contributed by atoms with E-state index in [1.54, 1.807) is 11.2 Å². The monoisotopic (exact) mass is 433 g/mol. The van der Waals surface area contributed by atoms with E-state index in [0.717, 1.165) is 18.0 Å². The first-order valence-electron chi connectivity index (χ1n) is 10.7. The summed E-state index contributed by atoms with van der Waals surface area (Å²) < 4.78 is 7.71. The van der Waals surface area contributed by atoms with Crippen molar-refractivity contribution in [2.75, 3.05) is 18.8 Å². The van der Waals surface area contributed by atoms with Crippen LogP contribution in [0.1, 0.15) is 58.9 Å². The van der Waals surface area contributed by atoms with E-state index in [1.165, 1.54) is 31.0 Å². The molecule has 2 heterocycles. The summed E-state index contributed by atoms with van der Waals surface area (Å²) in [6.45, 7) is 6.24. The zero-order chi connectivity index (χ0) is 21.5. The fourth-order valence-corrected chi connectivity index (χ4v) is 4.66. The van der Waals surface area contributed by atoms with Gasteiger partial charge in [-0.05, 0) is 45.7 Å². The van der Waals surface area contributed by atoms with Gasteiger partial charge in [0.05, 0.1) is 18.6 Å². The van der Waals surface area contributed by atoms with Crippen molar-refractivity contribution < 1.29 is 14.0 Å². The van der Waals surface area contributed by atoms with Gasteiger partial charge in [-0.15, -0.1) is 10.2 Å². The minimum absolute atomic E-state index is 0.0507. The Morgan fingerprint density at radius 2 is 2.07 bits per heavy atom. The molecule has 2 aromatic heterocycles. The van der Waals surface area contributed by atoms with Crippen molar-refractivity contribution in [3.05, 3.63) is 18.4 Å². The lowest BCUT2D eigenvalue weighted by Crippen LogP contribution is -2.43. The van der Waals surface area contributed by atoms with Crippen LogP contribution in [0.2, 0.25) is 0 Å². The van der Waals surface area contributed by atoms with Gasteiger partial charge >= 0.3 is 0 Å². The maximum atomic E-state index is 12.7. The second-order valence-corrected chi connectivity index (χ2v) is 8.81. The maximum absolute atomic E-state index is 12.7. The van der Waals surface area contributed by atoms with Crippen LogP contribution in [0.15, 0.2) is 28.0 Å². The van der Waals surface area contributed by atoms with Crippen molar-refractivity contribution in [3.63, 3.8) is 0 Å². The summed E-state index contributed by atoms with van der Waals surface area (Å²) in [4.78, 5) is 26.4. The van der Waals surface area contributed by atoms with E-state index in [9.17, 15) is 9.59 Å².